The summed E-state index contributed by atoms with van der Waals surface area (Å²) in [6.45, 7) is 6.09. The summed E-state index contributed by atoms with van der Waals surface area (Å²) in [7, 11) is 2.07. The SMILES string of the molecule is C=O.C=O.CNC1CCCCC1.Cc1cc2c(c(NC(=O)c3ccccc3)c1)CCCC2. The lowest BCUT2D eigenvalue weighted by Gasteiger charge is -2.20. The van der Waals surface area contributed by atoms with Gasteiger partial charge in [0.1, 0.15) is 13.6 Å². The second-order valence-electron chi connectivity index (χ2n) is 8.10. The molecule has 0 spiro atoms. The summed E-state index contributed by atoms with van der Waals surface area (Å²) in [5.41, 5.74) is 5.65. The average Bonchev–Trinajstić information content (AvgIpc) is 2.88. The van der Waals surface area contributed by atoms with Crippen LogP contribution in [0.3, 0.4) is 0 Å². The molecule has 1 saturated carbocycles. The van der Waals surface area contributed by atoms with Gasteiger partial charge in [0.05, 0.1) is 0 Å². The summed E-state index contributed by atoms with van der Waals surface area (Å²) in [5.74, 6) is -0.0241. The topological polar surface area (TPSA) is 75.3 Å². The van der Waals surface area contributed by atoms with Gasteiger partial charge in [0.2, 0.25) is 0 Å². The number of fused-ring (bicyclic) bond motifs is 1. The monoisotopic (exact) mass is 438 g/mol. The van der Waals surface area contributed by atoms with Crippen LogP contribution in [0.15, 0.2) is 42.5 Å². The van der Waals surface area contributed by atoms with Crippen LogP contribution in [0.4, 0.5) is 5.69 Å². The largest absolute Gasteiger partial charge is 0.322 e. The lowest BCUT2D eigenvalue weighted by molar-refractivity contribution is -0.0987. The van der Waals surface area contributed by atoms with Crippen molar-refractivity contribution >= 4 is 25.2 Å². The number of amides is 1. The van der Waals surface area contributed by atoms with E-state index in [1.165, 1.54) is 61.6 Å². The normalized spacial score (nSPS) is 14.7. The fourth-order valence-corrected chi connectivity index (χ4v) is 4.31. The summed E-state index contributed by atoms with van der Waals surface area (Å²) in [4.78, 5) is 28.3. The maximum Gasteiger partial charge on any atom is 0.255 e. The lowest BCUT2D eigenvalue weighted by atomic mass is 9.89. The molecule has 0 aliphatic heterocycles. The zero-order valence-corrected chi connectivity index (χ0v) is 19.6. The van der Waals surface area contributed by atoms with Crippen LogP contribution in [0.5, 0.6) is 0 Å². The molecule has 0 heterocycles. The van der Waals surface area contributed by atoms with Gasteiger partial charge >= 0.3 is 0 Å². The van der Waals surface area contributed by atoms with Crippen LogP contribution in [-0.4, -0.2) is 32.6 Å². The fraction of sp³-hybridized carbons (Fsp3) is 0.444. The molecule has 1 amide bonds. The smallest absolute Gasteiger partial charge is 0.255 e. The van der Waals surface area contributed by atoms with E-state index in [1.807, 2.05) is 43.9 Å². The highest BCUT2D eigenvalue weighted by molar-refractivity contribution is 6.04. The Hall–Kier alpha value is -2.79. The maximum atomic E-state index is 12.3. The Kier molecular flexibility index (Phi) is 13.6. The first-order valence-electron chi connectivity index (χ1n) is 11.4. The summed E-state index contributed by atoms with van der Waals surface area (Å²) >= 11 is 0. The van der Waals surface area contributed by atoms with Crippen molar-refractivity contribution in [3.63, 3.8) is 0 Å². The molecule has 0 aromatic heterocycles. The molecule has 2 aromatic rings. The van der Waals surface area contributed by atoms with Crippen molar-refractivity contribution in [1.29, 1.82) is 0 Å². The van der Waals surface area contributed by atoms with Crippen LogP contribution in [0, 0.1) is 6.92 Å². The van der Waals surface area contributed by atoms with E-state index in [0.717, 1.165) is 24.6 Å². The minimum Gasteiger partial charge on any atom is -0.322 e. The Morgan fingerprint density at radius 1 is 0.875 bits per heavy atom. The van der Waals surface area contributed by atoms with Crippen LogP contribution in [0.1, 0.15) is 72.0 Å². The highest BCUT2D eigenvalue weighted by Gasteiger charge is 2.16. The number of aryl methyl sites for hydroxylation is 2. The van der Waals surface area contributed by atoms with Crippen molar-refractivity contribution in [2.45, 2.75) is 70.8 Å². The summed E-state index contributed by atoms with van der Waals surface area (Å²) in [6, 6.07) is 14.6. The molecule has 174 valence electrons. The molecule has 32 heavy (non-hydrogen) atoms. The van der Waals surface area contributed by atoms with Crippen molar-refractivity contribution in [3.8, 4) is 0 Å². The molecule has 2 N–H and O–H groups in total. The van der Waals surface area contributed by atoms with Crippen molar-refractivity contribution in [2.24, 2.45) is 0 Å². The molecule has 0 radical (unpaired) electrons. The number of anilines is 1. The molecule has 2 aliphatic rings. The molecule has 0 atom stereocenters. The van der Waals surface area contributed by atoms with E-state index in [1.54, 1.807) is 0 Å². The van der Waals surface area contributed by atoms with E-state index in [9.17, 15) is 4.79 Å². The molecule has 4 rings (SSSR count). The number of nitrogens with one attached hydrogen (secondary N) is 2. The number of carbonyl (C=O) groups is 3. The maximum absolute atomic E-state index is 12.3. The van der Waals surface area contributed by atoms with Crippen LogP contribution in [-0.2, 0) is 22.4 Å². The Bertz CT molecular complexity index is 800. The van der Waals surface area contributed by atoms with Gasteiger partial charge in [-0.3, -0.25) is 4.79 Å². The third kappa shape index (κ3) is 8.75. The van der Waals surface area contributed by atoms with Gasteiger partial charge in [0.25, 0.3) is 5.91 Å². The molecule has 5 nitrogen and oxygen atoms in total. The predicted octanol–water partition coefficient (Wildman–Crippen LogP) is 5.29. The number of carbonyl (C=O) groups excluding carboxylic acids is 3. The molecule has 2 aromatic carbocycles. The van der Waals surface area contributed by atoms with E-state index in [4.69, 9.17) is 9.59 Å². The quantitative estimate of drug-likeness (QED) is 0.682. The second-order valence-corrected chi connectivity index (χ2v) is 8.10. The number of hydrogen-bond acceptors (Lipinski definition) is 4. The van der Waals surface area contributed by atoms with E-state index >= 15 is 0 Å². The van der Waals surface area contributed by atoms with Crippen molar-refractivity contribution in [1.82, 2.24) is 5.32 Å². The third-order valence-electron chi connectivity index (χ3n) is 5.91. The van der Waals surface area contributed by atoms with Crippen LogP contribution < -0.4 is 10.6 Å². The summed E-state index contributed by atoms with van der Waals surface area (Å²) in [5, 5.41) is 6.39. The summed E-state index contributed by atoms with van der Waals surface area (Å²) in [6.07, 6.45) is 11.8. The van der Waals surface area contributed by atoms with Crippen molar-refractivity contribution in [3.05, 3.63) is 64.7 Å². The van der Waals surface area contributed by atoms with Gasteiger partial charge in [-0.05, 0) is 87.4 Å². The van der Waals surface area contributed by atoms with Crippen LogP contribution in [0.25, 0.3) is 0 Å². The predicted molar refractivity (Wildman–Crippen MR) is 132 cm³/mol. The molecule has 0 unspecified atom stereocenters. The molecule has 0 bridgehead atoms. The average molecular weight is 439 g/mol. The van der Waals surface area contributed by atoms with E-state index < -0.39 is 0 Å². The third-order valence-corrected chi connectivity index (χ3v) is 5.91. The minimum atomic E-state index is -0.0241. The second kappa shape index (κ2) is 15.9. The van der Waals surface area contributed by atoms with Gasteiger partial charge in [-0.2, -0.15) is 0 Å². The molecular formula is C27H38N2O3. The Balaban J connectivity index is 0.000000357. The first kappa shape index (κ1) is 27.2. The van der Waals surface area contributed by atoms with Crippen molar-refractivity contribution in [2.75, 3.05) is 12.4 Å². The minimum absolute atomic E-state index is 0.0241. The Labute approximate surface area is 193 Å². The highest BCUT2D eigenvalue weighted by Crippen LogP contribution is 2.29. The van der Waals surface area contributed by atoms with E-state index in [-0.39, 0.29) is 5.91 Å². The Morgan fingerprint density at radius 3 is 2.09 bits per heavy atom. The lowest BCUT2D eigenvalue weighted by Crippen LogP contribution is -2.26. The molecule has 2 aliphatic carbocycles. The van der Waals surface area contributed by atoms with Gasteiger partial charge in [-0.25, -0.2) is 0 Å². The van der Waals surface area contributed by atoms with Gasteiger partial charge in [-0.15, -0.1) is 0 Å². The number of benzene rings is 2. The number of hydrogen-bond donors (Lipinski definition) is 2. The van der Waals surface area contributed by atoms with Gasteiger partial charge < -0.3 is 20.2 Å². The molecule has 0 saturated heterocycles. The first-order chi connectivity index (χ1) is 15.7. The van der Waals surface area contributed by atoms with Gasteiger partial charge in [0, 0.05) is 17.3 Å². The van der Waals surface area contributed by atoms with Crippen LogP contribution in [0.2, 0.25) is 0 Å². The molecule has 1 fully saturated rings. The standard InChI is InChI=1S/C18H19NO.C7H15N.2CH2O/c1-13-11-15-9-5-6-10-16(15)17(12-13)19-18(20)14-7-3-2-4-8-14;1-8-7-5-3-2-4-6-7;2*1-2/h2-4,7-8,11-12H,5-6,9-10H2,1H3,(H,19,20);7-8H,2-6H2,1H3;2*1H2. The van der Waals surface area contributed by atoms with Crippen molar-refractivity contribution < 1.29 is 14.4 Å². The van der Waals surface area contributed by atoms with Gasteiger partial charge in [0.15, 0.2) is 0 Å². The zero-order valence-electron chi connectivity index (χ0n) is 19.6. The summed E-state index contributed by atoms with van der Waals surface area (Å²) < 4.78 is 0. The van der Waals surface area contributed by atoms with Crippen LogP contribution >= 0.6 is 0 Å². The fourth-order valence-electron chi connectivity index (χ4n) is 4.31. The highest BCUT2D eigenvalue weighted by atomic mass is 16.1. The Morgan fingerprint density at radius 2 is 1.50 bits per heavy atom. The van der Waals surface area contributed by atoms with E-state index in [0.29, 0.717) is 5.56 Å². The van der Waals surface area contributed by atoms with Gasteiger partial charge in [-0.1, -0.05) is 43.5 Å². The molecular weight excluding hydrogens is 400 g/mol. The molecule has 5 heteroatoms. The number of rotatable bonds is 3. The van der Waals surface area contributed by atoms with E-state index in [2.05, 4.69) is 36.7 Å². The first-order valence-corrected chi connectivity index (χ1v) is 11.4. The zero-order chi connectivity index (χ0) is 23.8.